The van der Waals surface area contributed by atoms with Crippen LogP contribution in [0.2, 0.25) is 0 Å². The van der Waals surface area contributed by atoms with E-state index in [2.05, 4.69) is 204 Å². The van der Waals surface area contributed by atoms with E-state index in [1.54, 1.807) is 0 Å². The first-order chi connectivity index (χ1) is 27.3. The molecular formula is C53H38N2O. The minimum atomic E-state index is 0. The number of aromatic nitrogens is 1. The molecule has 0 aliphatic carbocycles. The highest BCUT2D eigenvalue weighted by Gasteiger charge is 2.23. The first-order valence-electron chi connectivity index (χ1n) is 18.8. The van der Waals surface area contributed by atoms with Crippen LogP contribution in [0.5, 0.6) is 0 Å². The maximum absolute atomic E-state index is 6.47. The molecule has 3 nitrogen and oxygen atoms in total. The van der Waals surface area contributed by atoms with Crippen molar-refractivity contribution in [1.82, 2.24) is 4.40 Å². The van der Waals surface area contributed by atoms with E-state index in [0.717, 1.165) is 39.0 Å². The number of anilines is 3. The van der Waals surface area contributed by atoms with Crippen LogP contribution in [-0.4, -0.2) is 4.40 Å². The van der Waals surface area contributed by atoms with Gasteiger partial charge in [0, 0.05) is 56.1 Å². The van der Waals surface area contributed by atoms with Crippen LogP contribution in [0.4, 0.5) is 17.1 Å². The van der Waals surface area contributed by atoms with E-state index in [-0.39, 0.29) is 7.43 Å². The van der Waals surface area contributed by atoms with Crippen LogP contribution in [0.1, 0.15) is 7.43 Å². The SMILES string of the molecule is C.c1ccc(-c2ccc(-c3ccc(N(c4ccc5c(c4)oc4ccccc45)c4cn5c6ccccc6c(-c6ccccc6)c5c5ccccc45)cc3)cc2)cc1. The quantitative estimate of drug-likeness (QED) is 0.171. The molecule has 3 aromatic heterocycles. The molecule has 0 radical (unpaired) electrons. The number of rotatable bonds is 6. The number of benzene rings is 8. The van der Waals surface area contributed by atoms with Gasteiger partial charge < -0.3 is 13.7 Å². The van der Waals surface area contributed by atoms with E-state index >= 15 is 0 Å². The second-order valence-electron chi connectivity index (χ2n) is 14.1. The van der Waals surface area contributed by atoms with Gasteiger partial charge in [0.1, 0.15) is 11.2 Å². The van der Waals surface area contributed by atoms with Gasteiger partial charge in [-0.05, 0) is 64.2 Å². The Balaban J connectivity index is 0.00000384. The van der Waals surface area contributed by atoms with Crippen LogP contribution in [0.25, 0.3) is 82.5 Å². The fraction of sp³-hybridized carbons (Fsp3) is 0.0189. The topological polar surface area (TPSA) is 20.8 Å². The number of fused-ring (bicyclic) bond motifs is 8. The highest BCUT2D eigenvalue weighted by molar-refractivity contribution is 6.17. The lowest BCUT2D eigenvalue weighted by Crippen LogP contribution is -2.11. The molecule has 0 unspecified atom stereocenters. The monoisotopic (exact) mass is 718 g/mol. The molecular weight excluding hydrogens is 681 g/mol. The third-order valence-electron chi connectivity index (χ3n) is 11.0. The standard InChI is InChI=1S/C52H34N2O.CH4/c1-3-13-35(14-4-1)36-23-25-37(26-24-36)38-27-29-40(30-28-38)54(41-31-32-44-43-18-10-12-22-49(43)55-50(44)33-41)48-34-53-47-21-11-9-20-46(47)51(39-15-5-2-6-16-39)52(53)45-19-8-7-17-42(45)48;/h1-34H;1H4. The summed E-state index contributed by atoms with van der Waals surface area (Å²) in [5.74, 6) is 0. The van der Waals surface area contributed by atoms with Crippen molar-refractivity contribution in [3.63, 3.8) is 0 Å². The fourth-order valence-corrected chi connectivity index (χ4v) is 8.41. The van der Waals surface area contributed by atoms with Crippen LogP contribution in [-0.2, 0) is 0 Å². The van der Waals surface area contributed by atoms with E-state index in [9.17, 15) is 0 Å². The van der Waals surface area contributed by atoms with E-state index < -0.39 is 0 Å². The zero-order valence-electron chi connectivity index (χ0n) is 29.9. The Morgan fingerprint density at radius 2 is 0.875 bits per heavy atom. The fourth-order valence-electron chi connectivity index (χ4n) is 8.41. The van der Waals surface area contributed by atoms with E-state index in [0.29, 0.717) is 0 Å². The Kier molecular flexibility index (Phi) is 8.01. The molecule has 0 spiro atoms. The van der Waals surface area contributed by atoms with Crippen molar-refractivity contribution in [2.75, 3.05) is 4.90 Å². The summed E-state index contributed by atoms with van der Waals surface area (Å²) in [6.07, 6.45) is 2.32. The van der Waals surface area contributed by atoms with E-state index in [4.69, 9.17) is 4.42 Å². The van der Waals surface area contributed by atoms with Gasteiger partial charge in [0.05, 0.1) is 16.7 Å². The Labute approximate surface area is 325 Å². The lowest BCUT2D eigenvalue weighted by molar-refractivity contribution is 0.669. The molecule has 8 aromatic carbocycles. The van der Waals surface area contributed by atoms with Crippen molar-refractivity contribution in [2.45, 2.75) is 7.43 Å². The molecule has 0 amide bonds. The van der Waals surface area contributed by atoms with Gasteiger partial charge in [-0.3, -0.25) is 0 Å². The van der Waals surface area contributed by atoms with Crippen molar-refractivity contribution in [1.29, 1.82) is 0 Å². The number of hydrogen-bond acceptors (Lipinski definition) is 2. The molecule has 0 saturated carbocycles. The lowest BCUT2D eigenvalue weighted by atomic mass is 9.99. The minimum absolute atomic E-state index is 0. The van der Waals surface area contributed by atoms with E-state index in [1.807, 2.05) is 12.1 Å². The maximum Gasteiger partial charge on any atom is 0.137 e. The second kappa shape index (κ2) is 13.5. The third-order valence-corrected chi connectivity index (χ3v) is 11.0. The highest BCUT2D eigenvalue weighted by atomic mass is 16.3. The first kappa shape index (κ1) is 33.2. The summed E-state index contributed by atoms with van der Waals surface area (Å²) in [6.45, 7) is 0. The predicted octanol–water partition coefficient (Wildman–Crippen LogP) is 15.3. The van der Waals surface area contributed by atoms with Crippen molar-refractivity contribution in [2.24, 2.45) is 0 Å². The number of hydrogen-bond donors (Lipinski definition) is 0. The summed E-state index contributed by atoms with van der Waals surface area (Å²) >= 11 is 0. The smallest absolute Gasteiger partial charge is 0.137 e. The summed E-state index contributed by atoms with van der Waals surface area (Å²) in [4.78, 5) is 2.38. The van der Waals surface area contributed by atoms with E-state index in [1.165, 1.54) is 60.6 Å². The molecule has 0 atom stereocenters. The number of para-hydroxylation sites is 2. The van der Waals surface area contributed by atoms with Crippen LogP contribution in [0, 0.1) is 0 Å². The zero-order chi connectivity index (χ0) is 36.3. The number of nitrogens with zero attached hydrogens (tertiary/aromatic N) is 2. The van der Waals surface area contributed by atoms with Gasteiger partial charge in [-0.15, -0.1) is 0 Å². The molecule has 266 valence electrons. The zero-order valence-corrected chi connectivity index (χ0v) is 29.9. The second-order valence-corrected chi connectivity index (χ2v) is 14.1. The molecule has 0 aliphatic rings. The molecule has 0 aliphatic heterocycles. The van der Waals surface area contributed by atoms with Gasteiger partial charge >= 0.3 is 0 Å². The predicted molar refractivity (Wildman–Crippen MR) is 237 cm³/mol. The van der Waals surface area contributed by atoms with Crippen molar-refractivity contribution < 1.29 is 4.42 Å². The van der Waals surface area contributed by atoms with Crippen molar-refractivity contribution in [3.05, 3.63) is 206 Å². The van der Waals surface area contributed by atoms with Gasteiger partial charge in [0.25, 0.3) is 0 Å². The Morgan fingerprint density at radius 3 is 1.57 bits per heavy atom. The molecule has 3 heterocycles. The third kappa shape index (κ3) is 5.36. The molecule has 3 heteroatoms. The highest BCUT2D eigenvalue weighted by Crippen LogP contribution is 2.46. The average Bonchev–Trinajstić information content (AvgIpc) is 3.80. The van der Waals surface area contributed by atoms with Crippen LogP contribution in [0.15, 0.2) is 211 Å². The normalized spacial score (nSPS) is 11.4. The maximum atomic E-state index is 6.47. The molecule has 11 aromatic rings. The lowest BCUT2D eigenvalue weighted by Gasteiger charge is -2.27. The summed E-state index contributed by atoms with van der Waals surface area (Å²) < 4.78 is 8.86. The average molecular weight is 719 g/mol. The molecule has 0 saturated heterocycles. The molecule has 56 heavy (non-hydrogen) atoms. The van der Waals surface area contributed by atoms with Gasteiger partial charge in [0.15, 0.2) is 0 Å². The Bertz CT molecular complexity index is 3180. The molecule has 0 fully saturated rings. The summed E-state index contributed by atoms with van der Waals surface area (Å²) in [6, 6.07) is 71.6. The minimum Gasteiger partial charge on any atom is -0.456 e. The van der Waals surface area contributed by atoms with Crippen molar-refractivity contribution in [3.8, 4) is 33.4 Å². The molecule has 11 rings (SSSR count). The summed E-state index contributed by atoms with van der Waals surface area (Å²) in [5.41, 5.74) is 14.5. The van der Waals surface area contributed by atoms with Crippen LogP contribution in [0.3, 0.4) is 0 Å². The van der Waals surface area contributed by atoms with Gasteiger partial charge in [0.2, 0.25) is 0 Å². The Hall–Kier alpha value is -7.36. The molecule has 0 bridgehead atoms. The van der Waals surface area contributed by atoms with Gasteiger partial charge in [-0.2, -0.15) is 0 Å². The van der Waals surface area contributed by atoms with Crippen molar-refractivity contribution >= 4 is 66.2 Å². The number of furan rings is 1. The van der Waals surface area contributed by atoms with Crippen LogP contribution >= 0.6 is 0 Å². The van der Waals surface area contributed by atoms with Crippen LogP contribution < -0.4 is 4.90 Å². The number of pyridine rings is 1. The summed E-state index contributed by atoms with van der Waals surface area (Å²) in [7, 11) is 0. The van der Waals surface area contributed by atoms with Gasteiger partial charge in [-0.1, -0.05) is 165 Å². The Morgan fingerprint density at radius 1 is 0.375 bits per heavy atom. The largest absolute Gasteiger partial charge is 0.456 e. The molecule has 0 N–H and O–H groups in total. The summed E-state index contributed by atoms with van der Waals surface area (Å²) in [5, 5.41) is 5.82. The van der Waals surface area contributed by atoms with Gasteiger partial charge in [-0.25, -0.2) is 0 Å². The first-order valence-corrected chi connectivity index (χ1v) is 18.8.